The van der Waals surface area contributed by atoms with Crippen LogP contribution in [0.2, 0.25) is 0 Å². The van der Waals surface area contributed by atoms with Crippen LogP contribution in [-0.2, 0) is 4.79 Å². The number of amides is 1. The molecule has 4 heteroatoms. The van der Waals surface area contributed by atoms with Crippen LogP contribution < -0.4 is 15.0 Å². The van der Waals surface area contributed by atoms with Crippen LogP contribution in [0.4, 0.5) is 11.4 Å². The Balaban J connectivity index is 1.69. The van der Waals surface area contributed by atoms with Crippen LogP contribution in [0.1, 0.15) is 12.8 Å². The van der Waals surface area contributed by atoms with E-state index in [1.807, 2.05) is 73.6 Å². The summed E-state index contributed by atoms with van der Waals surface area (Å²) in [6, 6.07) is 17.4. The third-order valence-corrected chi connectivity index (χ3v) is 3.23. The number of para-hydroxylation sites is 1. The second-order valence-electron chi connectivity index (χ2n) is 5.25. The zero-order valence-electron chi connectivity index (χ0n) is 13.1. The number of rotatable bonds is 7. The van der Waals surface area contributed by atoms with Crippen LogP contribution in [0, 0.1) is 0 Å². The quantitative estimate of drug-likeness (QED) is 0.795. The molecule has 2 aromatic carbocycles. The van der Waals surface area contributed by atoms with Crippen LogP contribution in [0.25, 0.3) is 0 Å². The van der Waals surface area contributed by atoms with Gasteiger partial charge in [-0.05, 0) is 42.8 Å². The van der Waals surface area contributed by atoms with Crippen molar-refractivity contribution in [2.45, 2.75) is 12.8 Å². The largest absolute Gasteiger partial charge is 0.494 e. The smallest absolute Gasteiger partial charge is 0.224 e. The van der Waals surface area contributed by atoms with Gasteiger partial charge in [-0.2, -0.15) is 0 Å². The SMILES string of the molecule is CN(C)c1ccc(NC(=O)CCCOc2ccccc2)cc1. The van der Waals surface area contributed by atoms with Crippen molar-refractivity contribution < 1.29 is 9.53 Å². The molecule has 4 nitrogen and oxygen atoms in total. The van der Waals surface area contributed by atoms with E-state index in [0.29, 0.717) is 19.4 Å². The van der Waals surface area contributed by atoms with Crippen molar-refractivity contribution in [1.82, 2.24) is 0 Å². The Labute approximate surface area is 131 Å². The predicted molar refractivity (Wildman–Crippen MR) is 90.6 cm³/mol. The zero-order valence-corrected chi connectivity index (χ0v) is 13.1. The average molecular weight is 298 g/mol. The lowest BCUT2D eigenvalue weighted by molar-refractivity contribution is -0.116. The molecule has 2 aromatic rings. The van der Waals surface area contributed by atoms with Crippen molar-refractivity contribution >= 4 is 17.3 Å². The Bertz CT molecular complexity index is 580. The summed E-state index contributed by atoms with van der Waals surface area (Å²) in [5.74, 6) is 0.844. The summed E-state index contributed by atoms with van der Waals surface area (Å²) in [7, 11) is 3.97. The summed E-state index contributed by atoms with van der Waals surface area (Å²) in [4.78, 5) is 13.9. The zero-order chi connectivity index (χ0) is 15.8. The minimum absolute atomic E-state index is 0.00858. The molecular formula is C18H22N2O2. The fourth-order valence-corrected chi connectivity index (χ4v) is 2.01. The van der Waals surface area contributed by atoms with Gasteiger partial charge in [0.2, 0.25) is 5.91 Å². The van der Waals surface area contributed by atoms with E-state index >= 15 is 0 Å². The lowest BCUT2D eigenvalue weighted by Crippen LogP contribution is -2.13. The molecular weight excluding hydrogens is 276 g/mol. The first kappa shape index (κ1) is 15.9. The Morgan fingerprint density at radius 2 is 1.73 bits per heavy atom. The number of anilines is 2. The molecule has 0 unspecified atom stereocenters. The highest BCUT2D eigenvalue weighted by Crippen LogP contribution is 2.16. The maximum absolute atomic E-state index is 11.9. The normalized spacial score (nSPS) is 10.1. The summed E-state index contributed by atoms with van der Waals surface area (Å²) < 4.78 is 5.56. The number of benzene rings is 2. The minimum atomic E-state index is 0.00858. The van der Waals surface area contributed by atoms with Crippen LogP contribution in [0.3, 0.4) is 0 Å². The number of nitrogens with one attached hydrogen (secondary N) is 1. The molecule has 0 bridgehead atoms. The summed E-state index contributed by atoms with van der Waals surface area (Å²) in [5.41, 5.74) is 1.92. The second-order valence-corrected chi connectivity index (χ2v) is 5.25. The van der Waals surface area contributed by atoms with Gasteiger partial charge in [-0.25, -0.2) is 0 Å². The van der Waals surface area contributed by atoms with E-state index in [0.717, 1.165) is 17.1 Å². The lowest BCUT2D eigenvalue weighted by Gasteiger charge is -2.13. The average Bonchev–Trinajstić information content (AvgIpc) is 2.53. The van der Waals surface area contributed by atoms with Gasteiger partial charge in [-0.15, -0.1) is 0 Å². The number of hydrogen-bond acceptors (Lipinski definition) is 3. The molecule has 0 radical (unpaired) electrons. The van der Waals surface area contributed by atoms with E-state index in [9.17, 15) is 4.79 Å². The molecule has 1 N–H and O–H groups in total. The first-order chi connectivity index (χ1) is 10.6. The fourth-order valence-electron chi connectivity index (χ4n) is 2.01. The van der Waals surface area contributed by atoms with Gasteiger partial charge in [-0.3, -0.25) is 4.79 Å². The number of carbonyl (C=O) groups excluding carboxylic acids is 1. The van der Waals surface area contributed by atoms with E-state index < -0.39 is 0 Å². The molecule has 0 saturated heterocycles. The van der Waals surface area contributed by atoms with E-state index in [-0.39, 0.29) is 5.91 Å². The Morgan fingerprint density at radius 3 is 2.36 bits per heavy atom. The summed E-state index contributed by atoms with van der Waals surface area (Å²) in [6.07, 6.45) is 1.14. The van der Waals surface area contributed by atoms with Gasteiger partial charge < -0.3 is 15.0 Å². The number of carbonyl (C=O) groups is 1. The summed E-state index contributed by atoms with van der Waals surface area (Å²) in [6.45, 7) is 0.539. The molecule has 0 fully saturated rings. The van der Waals surface area contributed by atoms with Gasteiger partial charge in [0.1, 0.15) is 5.75 Å². The summed E-state index contributed by atoms with van der Waals surface area (Å²) >= 11 is 0. The topological polar surface area (TPSA) is 41.6 Å². The van der Waals surface area contributed by atoms with Crippen molar-refractivity contribution in [3.8, 4) is 5.75 Å². The monoisotopic (exact) mass is 298 g/mol. The number of nitrogens with zero attached hydrogens (tertiary/aromatic N) is 1. The molecule has 0 spiro atoms. The maximum Gasteiger partial charge on any atom is 0.224 e. The third kappa shape index (κ3) is 5.13. The molecule has 1 amide bonds. The molecule has 0 heterocycles. The summed E-state index contributed by atoms with van der Waals surface area (Å²) in [5, 5.41) is 2.89. The van der Waals surface area contributed by atoms with Crippen molar-refractivity contribution in [3.05, 3.63) is 54.6 Å². The number of hydrogen-bond donors (Lipinski definition) is 1. The van der Waals surface area contributed by atoms with Gasteiger partial charge in [-0.1, -0.05) is 18.2 Å². The molecule has 0 atom stereocenters. The van der Waals surface area contributed by atoms with Crippen LogP contribution in [0.5, 0.6) is 5.75 Å². The van der Waals surface area contributed by atoms with E-state index in [1.54, 1.807) is 0 Å². The highest BCUT2D eigenvalue weighted by Gasteiger charge is 2.03. The predicted octanol–water partition coefficient (Wildman–Crippen LogP) is 3.55. The van der Waals surface area contributed by atoms with Crippen molar-refractivity contribution in [1.29, 1.82) is 0 Å². The maximum atomic E-state index is 11.9. The van der Waals surface area contributed by atoms with Crippen LogP contribution >= 0.6 is 0 Å². The molecule has 2 rings (SSSR count). The molecule has 22 heavy (non-hydrogen) atoms. The van der Waals surface area contributed by atoms with Gasteiger partial charge >= 0.3 is 0 Å². The highest BCUT2D eigenvalue weighted by atomic mass is 16.5. The standard InChI is InChI=1S/C18H22N2O2/c1-20(2)16-12-10-15(11-13-16)19-18(21)9-6-14-22-17-7-4-3-5-8-17/h3-5,7-8,10-13H,6,9,14H2,1-2H3,(H,19,21). The Kier molecular flexibility index (Phi) is 5.83. The first-order valence-electron chi connectivity index (χ1n) is 7.40. The van der Waals surface area contributed by atoms with Crippen LogP contribution in [0.15, 0.2) is 54.6 Å². The fraction of sp³-hybridized carbons (Fsp3) is 0.278. The Morgan fingerprint density at radius 1 is 1.05 bits per heavy atom. The van der Waals surface area contributed by atoms with Crippen molar-refractivity contribution in [2.24, 2.45) is 0 Å². The number of ether oxygens (including phenoxy) is 1. The van der Waals surface area contributed by atoms with Crippen molar-refractivity contribution in [3.63, 3.8) is 0 Å². The van der Waals surface area contributed by atoms with E-state index in [4.69, 9.17) is 4.74 Å². The molecule has 0 saturated carbocycles. The lowest BCUT2D eigenvalue weighted by atomic mass is 10.2. The van der Waals surface area contributed by atoms with Crippen LogP contribution in [-0.4, -0.2) is 26.6 Å². The van der Waals surface area contributed by atoms with E-state index in [2.05, 4.69) is 5.32 Å². The molecule has 0 aliphatic rings. The molecule has 0 aliphatic heterocycles. The highest BCUT2D eigenvalue weighted by molar-refractivity contribution is 5.90. The van der Waals surface area contributed by atoms with Gasteiger partial charge in [0, 0.05) is 31.9 Å². The molecule has 116 valence electrons. The molecule has 0 aromatic heterocycles. The van der Waals surface area contributed by atoms with E-state index in [1.165, 1.54) is 0 Å². The minimum Gasteiger partial charge on any atom is -0.494 e. The van der Waals surface area contributed by atoms with Crippen molar-refractivity contribution in [2.75, 3.05) is 30.9 Å². The molecule has 0 aliphatic carbocycles. The van der Waals surface area contributed by atoms with Gasteiger partial charge in [0.25, 0.3) is 0 Å². The third-order valence-electron chi connectivity index (χ3n) is 3.23. The Hall–Kier alpha value is -2.49. The van der Waals surface area contributed by atoms with Gasteiger partial charge in [0.05, 0.1) is 6.61 Å². The van der Waals surface area contributed by atoms with Gasteiger partial charge in [0.15, 0.2) is 0 Å². The first-order valence-corrected chi connectivity index (χ1v) is 7.40. The second kappa shape index (κ2) is 8.08.